The molecule has 0 heterocycles. The number of ether oxygens (including phenoxy) is 1. The minimum atomic E-state index is -0.327. The Morgan fingerprint density at radius 1 is 1.00 bits per heavy atom. The average Bonchev–Trinajstić information content (AvgIpc) is 2.53. The molecule has 1 amide bonds. The molecule has 22 heavy (non-hydrogen) atoms. The van der Waals surface area contributed by atoms with Gasteiger partial charge in [-0.15, -0.1) is 0 Å². The summed E-state index contributed by atoms with van der Waals surface area (Å²) in [5.41, 5.74) is 0.735. The molecule has 5 heteroatoms. The predicted octanol–water partition coefficient (Wildman–Crippen LogP) is 3.17. The van der Waals surface area contributed by atoms with Gasteiger partial charge in [0.15, 0.2) is 0 Å². The van der Waals surface area contributed by atoms with E-state index in [4.69, 9.17) is 4.74 Å². The lowest BCUT2D eigenvalue weighted by atomic mass is 10.2. The number of benzene rings is 2. The minimum absolute atomic E-state index is 0.271. The molecule has 114 valence electrons. The fourth-order valence-electron chi connectivity index (χ4n) is 1.68. The van der Waals surface area contributed by atoms with Gasteiger partial charge in [0.2, 0.25) is 5.91 Å². The third-order valence-electron chi connectivity index (χ3n) is 2.78. The van der Waals surface area contributed by atoms with Crippen molar-refractivity contribution in [2.75, 3.05) is 13.2 Å². The van der Waals surface area contributed by atoms with E-state index in [1.165, 1.54) is 42.5 Å². The first-order chi connectivity index (χ1) is 10.6. The largest absolute Gasteiger partial charge is 0.492 e. The maximum Gasteiger partial charge on any atom is 0.244 e. The van der Waals surface area contributed by atoms with Crippen molar-refractivity contribution in [1.82, 2.24) is 5.32 Å². The molecule has 0 saturated carbocycles. The summed E-state index contributed by atoms with van der Waals surface area (Å²) < 4.78 is 30.7. The van der Waals surface area contributed by atoms with Crippen molar-refractivity contribution in [2.24, 2.45) is 0 Å². The molecule has 0 radical (unpaired) electrons. The lowest BCUT2D eigenvalue weighted by Gasteiger charge is -2.06. The Morgan fingerprint density at radius 3 is 2.23 bits per heavy atom. The van der Waals surface area contributed by atoms with Crippen molar-refractivity contribution < 1.29 is 18.3 Å². The van der Waals surface area contributed by atoms with Gasteiger partial charge in [-0.25, -0.2) is 8.78 Å². The fraction of sp³-hybridized carbons (Fsp3) is 0.118. The highest BCUT2D eigenvalue weighted by atomic mass is 19.1. The first kappa shape index (κ1) is 15.7. The van der Waals surface area contributed by atoms with Crippen LogP contribution >= 0.6 is 0 Å². The van der Waals surface area contributed by atoms with Crippen LogP contribution in [0.25, 0.3) is 6.08 Å². The van der Waals surface area contributed by atoms with Gasteiger partial charge in [-0.05, 0) is 48.0 Å². The number of hydrogen-bond acceptors (Lipinski definition) is 2. The van der Waals surface area contributed by atoms with E-state index in [9.17, 15) is 13.6 Å². The maximum absolute atomic E-state index is 12.7. The van der Waals surface area contributed by atoms with E-state index < -0.39 is 0 Å². The smallest absolute Gasteiger partial charge is 0.244 e. The summed E-state index contributed by atoms with van der Waals surface area (Å²) in [6.45, 7) is 0.603. The monoisotopic (exact) mass is 303 g/mol. The minimum Gasteiger partial charge on any atom is -0.492 e. The molecule has 0 aliphatic heterocycles. The summed E-state index contributed by atoms with van der Waals surface area (Å²) in [6, 6.07) is 11.5. The highest BCUT2D eigenvalue weighted by Crippen LogP contribution is 2.10. The molecular formula is C17H15F2NO2. The molecule has 0 unspecified atom stereocenters. The number of nitrogens with one attached hydrogen (secondary N) is 1. The van der Waals surface area contributed by atoms with Gasteiger partial charge in [-0.3, -0.25) is 4.79 Å². The van der Waals surface area contributed by atoms with Crippen LogP contribution in [0.1, 0.15) is 5.56 Å². The van der Waals surface area contributed by atoms with E-state index in [0.717, 1.165) is 5.56 Å². The lowest BCUT2D eigenvalue weighted by Crippen LogP contribution is -2.26. The molecule has 0 fully saturated rings. The van der Waals surface area contributed by atoms with E-state index >= 15 is 0 Å². The van der Waals surface area contributed by atoms with Gasteiger partial charge in [0.05, 0.1) is 6.54 Å². The molecule has 0 aliphatic rings. The van der Waals surface area contributed by atoms with Gasteiger partial charge in [-0.1, -0.05) is 12.1 Å². The summed E-state index contributed by atoms with van der Waals surface area (Å²) in [5, 5.41) is 2.65. The Balaban J connectivity index is 1.69. The zero-order valence-corrected chi connectivity index (χ0v) is 11.8. The molecule has 3 nitrogen and oxygen atoms in total. The first-order valence-corrected chi connectivity index (χ1v) is 6.73. The Morgan fingerprint density at radius 2 is 1.59 bits per heavy atom. The molecular weight excluding hydrogens is 288 g/mol. The third-order valence-corrected chi connectivity index (χ3v) is 2.78. The number of hydrogen-bond donors (Lipinski definition) is 1. The van der Waals surface area contributed by atoms with Crippen LogP contribution in [-0.4, -0.2) is 19.1 Å². The molecule has 2 rings (SSSR count). The van der Waals surface area contributed by atoms with Crippen LogP contribution in [0.4, 0.5) is 8.78 Å². The van der Waals surface area contributed by atoms with Crippen LogP contribution in [0.2, 0.25) is 0 Å². The predicted molar refractivity (Wildman–Crippen MR) is 80.3 cm³/mol. The summed E-state index contributed by atoms with van der Waals surface area (Å²) in [5.74, 6) is -0.379. The van der Waals surface area contributed by atoms with Gasteiger partial charge >= 0.3 is 0 Å². The van der Waals surface area contributed by atoms with Crippen molar-refractivity contribution in [3.8, 4) is 5.75 Å². The Labute approximate surface area is 127 Å². The van der Waals surface area contributed by atoms with Crippen LogP contribution in [0, 0.1) is 11.6 Å². The molecule has 0 atom stereocenters. The SMILES string of the molecule is O=C(/C=C/c1ccc(F)cc1)NCCOc1ccc(F)cc1. The summed E-state index contributed by atoms with van der Waals surface area (Å²) in [6.07, 6.45) is 2.96. The summed E-state index contributed by atoms with van der Waals surface area (Å²) >= 11 is 0. The standard InChI is InChI=1S/C17H15F2NO2/c18-14-4-1-13(2-5-14)3-10-17(21)20-11-12-22-16-8-6-15(19)7-9-16/h1-10H,11-12H2,(H,20,21)/b10-3+. The summed E-state index contributed by atoms with van der Waals surface area (Å²) in [7, 11) is 0. The molecule has 0 bridgehead atoms. The number of carbonyl (C=O) groups is 1. The van der Waals surface area contributed by atoms with Crippen molar-refractivity contribution >= 4 is 12.0 Å². The Bertz CT molecular complexity index is 637. The second-order valence-corrected chi connectivity index (χ2v) is 4.48. The second kappa shape index (κ2) is 7.93. The van der Waals surface area contributed by atoms with Crippen LogP contribution in [-0.2, 0) is 4.79 Å². The summed E-state index contributed by atoms with van der Waals surface area (Å²) in [4.78, 5) is 11.6. The van der Waals surface area contributed by atoms with Gasteiger partial charge in [0.25, 0.3) is 0 Å². The third kappa shape index (κ3) is 5.36. The molecule has 0 aromatic heterocycles. The van der Waals surface area contributed by atoms with Gasteiger partial charge in [0.1, 0.15) is 24.0 Å². The fourth-order valence-corrected chi connectivity index (χ4v) is 1.68. The number of amides is 1. The van der Waals surface area contributed by atoms with Gasteiger partial charge in [0, 0.05) is 6.08 Å². The number of carbonyl (C=O) groups excluding carboxylic acids is 1. The first-order valence-electron chi connectivity index (χ1n) is 6.73. The maximum atomic E-state index is 12.7. The molecule has 2 aromatic rings. The van der Waals surface area contributed by atoms with Gasteiger partial charge < -0.3 is 10.1 Å². The molecule has 0 saturated heterocycles. The second-order valence-electron chi connectivity index (χ2n) is 4.48. The highest BCUT2D eigenvalue weighted by Gasteiger charge is 1.97. The molecule has 0 spiro atoms. The van der Waals surface area contributed by atoms with E-state index in [0.29, 0.717) is 12.3 Å². The van der Waals surface area contributed by atoms with Crippen LogP contribution in [0.15, 0.2) is 54.6 Å². The normalized spacial score (nSPS) is 10.6. The van der Waals surface area contributed by atoms with E-state index in [2.05, 4.69) is 5.32 Å². The van der Waals surface area contributed by atoms with Crippen molar-refractivity contribution in [3.63, 3.8) is 0 Å². The van der Waals surface area contributed by atoms with Crippen LogP contribution < -0.4 is 10.1 Å². The zero-order valence-electron chi connectivity index (χ0n) is 11.8. The van der Waals surface area contributed by atoms with Crippen molar-refractivity contribution in [2.45, 2.75) is 0 Å². The van der Waals surface area contributed by atoms with Crippen LogP contribution in [0.3, 0.4) is 0 Å². The molecule has 2 aromatic carbocycles. The number of rotatable bonds is 6. The zero-order chi connectivity index (χ0) is 15.8. The highest BCUT2D eigenvalue weighted by molar-refractivity contribution is 5.91. The van der Waals surface area contributed by atoms with Gasteiger partial charge in [-0.2, -0.15) is 0 Å². The quantitative estimate of drug-likeness (QED) is 0.657. The Hall–Kier alpha value is -2.69. The molecule has 1 N–H and O–H groups in total. The topological polar surface area (TPSA) is 38.3 Å². The van der Waals surface area contributed by atoms with E-state index in [-0.39, 0.29) is 24.1 Å². The average molecular weight is 303 g/mol. The van der Waals surface area contributed by atoms with Crippen molar-refractivity contribution in [1.29, 1.82) is 0 Å². The van der Waals surface area contributed by atoms with E-state index in [1.54, 1.807) is 18.2 Å². The molecule has 0 aliphatic carbocycles. The number of halogens is 2. The Kier molecular flexibility index (Phi) is 5.65. The van der Waals surface area contributed by atoms with E-state index in [1.807, 2.05) is 0 Å². The van der Waals surface area contributed by atoms with Crippen LogP contribution in [0.5, 0.6) is 5.75 Å². The van der Waals surface area contributed by atoms with Crippen molar-refractivity contribution in [3.05, 3.63) is 71.8 Å². The lowest BCUT2D eigenvalue weighted by molar-refractivity contribution is -0.116.